The first-order chi connectivity index (χ1) is 17.1. The van der Waals surface area contributed by atoms with Gasteiger partial charge < -0.3 is 14.6 Å². The van der Waals surface area contributed by atoms with Crippen molar-refractivity contribution >= 4 is 5.70 Å². The zero-order chi connectivity index (χ0) is 24.4. The predicted octanol–water partition coefficient (Wildman–Crippen LogP) is 6.98. The molecular weight excluding hydrogens is 432 g/mol. The van der Waals surface area contributed by atoms with Crippen molar-refractivity contribution in [1.82, 2.24) is 20.1 Å². The smallest absolute Gasteiger partial charge is 0.119 e. The number of aryl methyl sites for hydroxylation is 1. The van der Waals surface area contributed by atoms with Gasteiger partial charge in [0.25, 0.3) is 0 Å². The average molecular weight is 473 g/mol. The number of aromatic nitrogens is 3. The summed E-state index contributed by atoms with van der Waals surface area (Å²) in [5, 5.41) is 11.3. The number of methoxy groups -OCH3 is 1. The first kappa shape index (κ1) is 23.8. The van der Waals surface area contributed by atoms with Crippen molar-refractivity contribution in [3.05, 3.63) is 65.1 Å². The van der Waals surface area contributed by atoms with Crippen molar-refractivity contribution in [3.63, 3.8) is 0 Å². The molecule has 2 heterocycles. The number of rotatable bonds is 10. The monoisotopic (exact) mass is 472 g/mol. The van der Waals surface area contributed by atoms with E-state index in [1.165, 1.54) is 78.7 Å². The van der Waals surface area contributed by atoms with E-state index in [-0.39, 0.29) is 0 Å². The highest BCUT2D eigenvalue weighted by molar-refractivity contribution is 5.75. The Hall–Kier alpha value is -2.95. The normalized spacial score (nSPS) is 16.4. The van der Waals surface area contributed by atoms with E-state index in [9.17, 15) is 0 Å². The molecule has 0 spiro atoms. The number of hydrogen-bond acceptors (Lipinski definition) is 3. The number of benzene rings is 1. The lowest BCUT2D eigenvalue weighted by Gasteiger charge is -2.25. The number of H-pyrrole nitrogens is 1. The lowest BCUT2D eigenvalue weighted by atomic mass is 9.89. The SMILES string of the molecule is C=C(NCc1cc(C2CC2)[nH]n1)c1cc(-c2cc(OC)ccc2CC)n(CC2CCCCC2)c1C. The average Bonchev–Trinajstić information content (AvgIpc) is 3.55. The Balaban J connectivity index is 1.45. The third-order valence-corrected chi connectivity index (χ3v) is 7.98. The van der Waals surface area contributed by atoms with Crippen LogP contribution in [0.25, 0.3) is 17.0 Å². The van der Waals surface area contributed by atoms with E-state index in [0.29, 0.717) is 12.5 Å². The first-order valence-corrected chi connectivity index (χ1v) is 13.4. The van der Waals surface area contributed by atoms with Crippen LogP contribution in [0.4, 0.5) is 0 Å². The molecule has 2 aromatic heterocycles. The third-order valence-electron chi connectivity index (χ3n) is 7.98. The van der Waals surface area contributed by atoms with Crippen LogP contribution in [-0.2, 0) is 19.5 Å². The van der Waals surface area contributed by atoms with E-state index in [1.807, 2.05) is 0 Å². The molecule has 0 aliphatic heterocycles. The van der Waals surface area contributed by atoms with E-state index in [1.54, 1.807) is 7.11 Å². The van der Waals surface area contributed by atoms with Crippen molar-refractivity contribution in [3.8, 4) is 17.0 Å². The Morgan fingerprint density at radius 2 is 1.94 bits per heavy atom. The highest BCUT2D eigenvalue weighted by Gasteiger charge is 2.26. The van der Waals surface area contributed by atoms with Gasteiger partial charge in [0.05, 0.1) is 19.3 Å². The minimum atomic E-state index is 0.685. The molecule has 2 aliphatic rings. The highest BCUT2D eigenvalue weighted by atomic mass is 16.5. The van der Waals surface area contributed by atoms with Crippen molar-refractivity contribution in [2.75, 3.05) is 7.11 Å². The standard InChI is InChI=1S/C30H40N4O/c1-5-23-13-14-26(35-4)16-28(23)30-17-27(21(3)34(30)19-22-9-7-6-8-10-22)20(2)31-18-25-15-29(33-32-25)24-11-12-24/h13-17,22,24,31H,2,5-12,18-19H2,1,3-4H3,(H,32,33). The lowest BCUT2D eigenvalue weighted by molar-refractivity contribution is 0.319. The van der Waals surface area contributed by atoms with Crippen molar-refractivity contribution in [2.45, 2.75) is 84.2 Å². The van der Waals surface area contributed by atoms with Crippen LogP contribution in [-0.4, -0.2) is 21.9 Å². The fourth-order valence-electron chi connectivity index (χ4n) is 5.63. The quantitative estimate of drug-likeness (QED) is 0.335. The second kappa shape index (κ2) is 10.3. The van der Waals surface area contributed by atoms with Gasteiger partial charge in [-0.1, -0.05) is 38.8 Å². The summed E-state index contributed by atoms with van der Waals surface area (Å²) in [5.74, 6) is 2.33. The topological polar surface area (TPSA) is 54.9 Å². The number of nitrogens with one attached hydrogen (secondary N) is 2. The lowest BCUT2D eigenvalue weighted by Crippen LogP contribution is -2.16. The summed E-state index contributed by atoms with van der Waals surface area (Å²) >= 11 is 0. The minimum Gasteiger partial charge on any atom is -0.497 e. The molecule has 0 saturated heterocycles. The number of aromatic amines is 1. The Labute approximate surface area is 210 Å². The second-order valence-corrected chi connectivity index (χ2v) is 10.4. The highest BCUT2D eigenvalue weighted by Crippen LogP contribution is 2.39. The van der Waals surface area contributed by atoms with Crippen LogP contribution in [0.3, 0.4) is 0 Å². The van der Waals surface area contributed by atoms with Gasteiger partial charge in [0.1, 0.15) is 5.75 Å². The van der Waals surface area contributed by atoms with Gasteiger partial charge in [-0.15, -0.1) is 0 Å². The summed E-state index contributed by atoms with van der Waals surface area (Å²) in [6, 6.07) is 11.0. The van der Waals surface area contributed by atoms with Gasteiger partial charge in [0.2, 0.25) is 0 Å². The van der Waals surface area contributed by atoms with Gasteiger partial charge in [0, 0.05) is 46.4 Å². The molecule has 2 saturated carbocycles. The fraction of sp³-hybridized carbons (Fsp3) is 0.500. The second-order valence-electron chi connectivity index (χ2n) is 10.4. The van der Waals surface area contributed by atoms with Crippen LogP contribution in [0, 0.1) is 12.8 Å². The van der Waals surface area contributed by atoms with Crippen LogP contribution < -0.4 is 10.1 Å². The molecule has 0 bridgehead atoms. The maximum atomic E-state index is 5.61. The molecule has 2 N–H and O–H groups in total. The summed E-state index contributed by atoms with van der Waals surface area (Å²) in [5.41, 5.74) is 9.66. The van der Waals surface area contributed by atoms with Crippen LogP contribution in [0.15, 0.2) is 36.9 Å². The Kier molecular flexibility index (Phi) is 7.03. The Bertz CT molecular complexity index is 1180. The molecule has 186 valence electrons. The van der Waals surface area contributed by atoms with Crippen LogP contribution in [0.2, 0.25) is 0 Å². The molecule has 0 radical (unpaired) electrons. The van der Waals surface area contributed by atoms with Crippen LogP contribution in [0.1, 0.15) is 86.0 Å². The van der Waals surface area contributed by atoms with Gasteiger partial charge in [0.15, 0.2) is 0 Å². The minimum absolute atomic E-state index is 0.685. The zero-order valence-corrected chi connectivity index (χ0v) is 21.6. The molecule has 0 atom stereocenters. The van der Waals surface area contributed by atoms with Crippen molar-refractivity contribution < 1.29 is 4.74 Å². The number of ether oxygens (including phenoxy) is 1. The maximum absolute atomic E-state index is 5.61. The summed E-state index contributed by atoms with van der Waals surface area (Å²) in [6.45, 7) is 10.7. The molecule has 2 aliphatic carbocycles. The van der Waals surface area contributed by atoms with E-state index in [2.05, 4.69) is 70.8 Å². The van der Waals surface area contributed by atoms with E-state index >= 15 is 0 Å². The molecule has 1 aromatic carbocycles. The third kappa shape index (κ3) is 5.19. The molecule has 3 aromatic rings. The fourth-order valence-corrected chi connectivity index (χ4v) is 5.63. The molecule has 0 unspecified atom stereocenters. The largest absolute Gasteiger partial charge is 0.497 e. The summed E-state index contributed by atoms with van der Waals surface area (Å²) in [4.78, 5) is 0. The van der Waals surface area contributed by atoms with E-state index < -0.39 is 0 Å². The van der Waals surface area contributed by atoms with Crippen molar-refractivity contribution in [1.29, 1.82) is 0 Å². The molecular formula is C30H40N4O. The zero-order valence-electron chi connectivity index (χ0n) is 21.6. The number of hydrogen-bond donors (Lipinski definition) is 2. The maximum Gasteiger partial charge on any atom is 0.119 e. The van der Waals surface area contributed by atoms with Crippen molar-refractivity contribution in [2.24, 2.45) is 5.92 Å². The van der Waals surface area contributed by atoms with Gasteiger partial charge in [-0.25, -0.2) is 0 Å². The molecule has 5 rings (SSSR count). The molecule has 5 heteroatoms. The van der Waals surface area contributed by atoms with E-state index in [4.69, 9.17) is 4.74 Å². The Morgan fingerprint density at radius 1 is 1.14 bits per heavy atom. The van der Waals surface area contributed by atoms with Gasteiger partial charge in [-0.2, -0.15) is 5.10 Å². The van der Waals surface area contributed by atoms with Crippen LogP contribution >= 0.6 is 0 Å². The summed E-state index contributed by atoms with van der Waals surface area (Å²) in [6.07, 6.45) is 10.3. The molecule has 5 nitrogen and oxygen atoms in total. The summed E-state index contributed by atoms with van der Waals surface area (Å²) in [7, 11) is 1.75. The molecule has 0 amide bonds. The predicted molar refractivity (Wildman–Crippen MR) is 144 cm³/mol. The van der Waals surface area contributed by atoms with Gasteiger partial charge >= 0.3 is 0 Å². The molecule has 2 fully saturated rings. The van der Waals surface area contributed by atoms with Crippen LogP contribution in [0.5, 0.6) is 5.75 Å². The summed E-state index contributed by atoms with van der Waals surface area (Å²) < 4.78 is 8.16. The van der Waals surface area contributed by atoms with Gasteiger partial charge in [-0.05, 0) is 74.8 Å². The van der Waals surface area contributed by atoms with E-state index in [0.717, 1.165) is 36.0 Å². The number of nitrogens with zero attached hydrogens (tertiary/aromatic N) is 2. The Morgan fingerprint density at radius 3 is 2.66 bits per heavy atom. The first-order valence-electron chi connectivity index (χ1n) is 13.4. The molecule has 35 heavy (non-hydrogen) atoms. The van der Waals surface area contributed by atoms with Gasteiger partial charge in [-0.3, -0.25) is 5.10 Å².